The van der Waals surface area contributed by atoms with Crippen molar-refractivity contribution in [3.8, 4) is 16.9 Å². The molecule has 0 bridgehead atoms. The molecule has 5 nitrogen and oxygen atoms in total. The lowest BCUT2D eigenvalue weighted by Gasteiger charge is -2.16. The fraction of sp³-hybridized carbons (Fsp3) is 0.143. The zero-order chi connectivity index (χ0) is 18.7. The number of hydrogen-bond acceptors (Lipinski definition) is 4. The predicted octanol–water partition coefficient (Wildman–Crippen LogP) is 1.50. The van der Waals surface area contributed by atoms with Crippen molar-refractivity contribution < 1.29 is 19.8 Å². The van der Waals surface area contributed by atoms with Gasteiger partial charge in [-0.2, -0.15) is 0 Å². The van der Waals surface area contributed by atoms with E-state index < -0.39 is 11.9 Å². The van der Waals surface area contributed by atoms with Gasteiger partial charge in [0.25, 0.3) is 0 Å². The maximum atomic E-state index is 11.2. The van der Waals surface area contributed by atoms with Crippen LogP contribution in [0.4, 0.5) is 0 Å². The molecule has 0 N–H and O–H groups in total. The van der Waals surface area contributed by atoms with Crippen molar-refractivity contribution in [2.24, 2.45) is 0 Å². The molecule has 0 atom stereocenters. The first kappa shape index (κ1) is 17.5. The molecule has 0 fully saturated rings. The lowest BCUT2D eigenvalue weighted by molar-refractivity contribution is -0.305. The molecule has 0 aliphatic rings. The molecule has 0 amide bonds. The summed E-state index contributed by atoms with van der Waals surface area (Å²) in [5.74, 6) is -2.38. The summed E-state index contributed by atoms with van der Waals surface area (Å²) in [4.78, 5) is 22.1. The van der Waals surface area contributed by atoms with Crippen LogP contribution in [0, 0.1) is 6.92 Å². The highest BCUT2D eigenvalue weighted by atomic mass is 16.4. The Kier molecular flexibility index (Phi) is 4.89. The fourth-order valence-corrected chi connectivity index (χ4v) is 2.93. The molecule has 0 spiro atoms. The van der Waals surface area contributed by atoms with Gasteiger partial charge in [0.15, 0.2) is 0 Å². The van der Waals surface area contributed by atoms with Gasteiger partial charge in [-0.05, 0) is 55.2 Å². The lowest BCUT2D eigenvalue weighted by Crippen LogP contribution is -2.23. The van der Waals surface area contributed by atoms with Crippen LogP contribution in [0.2, 0.25) is 0 Å². The van der Waals surface area contributed by atoms with Crippen molar-refractivity contribution in [2.75, 3.05) is 0 Å². The minimum Gasteiger partial charge on any atom is -0.550 e. The number of rotatable bonds is 6. The Morgan fingerprint density at radius 1 is 0.962 bits per heavy atom. The Morgan fingerprint density at radius 2 is 1.69 bits per heavy atom. The van der Waals surface area contributed by atoms with E-state index in [1.807, 2.05) is 47.9 Å². The van der Waals surface area contributed by atoms with E-state index in [4.69, 9.17) is 0 Å². The summed E-state index contributed by atoms with van der Waals surface area (Å²) in [6, 6.07) is 18.1. The summed E-state index contributed by atoms with van der Waals surface area (Å²) in [5, 5.41) is 22.1. The Morgan fingerprint density at radius 3 is 2.35 bits per heavy atom. The van der Waals surface area contributed by atoms with E-state index in [9.17, 15) is 19.8 Å². The van der Waals surface area contributed by atoms with Gasteiger partial charge in [-0.3, -0.25) is 0 Å². The zero-order valence-corrected chi connectivity index (χ0v) is 14.3. The number of hydrogen-bond donors (Lipinski definition) is 0. The third-order valence-corrected chi connectivity index (χ3v) is 4.23. The predicted molar refractivity (Wildman–Crippen MR) is 93.6 cm³/mol. The molecule has 0 radical (unpaired) electrons. The number of benzene rings is 2. The van der Waals surface area contributed by atoms with Crippen LogP contribution in [0.1, 0.15) is 28.0 Å². The molecule has 0 aliphatic heterocycles. The smallest absolute Gasteiger partial charge is 0.0716 e. The van der Waals surface area contributed by atoms with Gasteiger partial charge in [0.1, 0.15) is 0 Å². The summed E-state index contributed by atoms with van der Waals surface area (Å²) in [6.45, 7) is 2.00. The highest BCUT2D eigenvalue weighted by molar-refractivity contribution is 5.86. The number of carboxylic acids is 2. The van der Waals surface area contributed by atoms with E-state index in [1.165, 1.54) is 12.1 Å². The molecule has 0 saturated carbocycles. The standard InChI is InChI=1S/C21H19NO4/c1-14-5-7-15(8-6-14)19-11-9-17(10-12-20(23)24)22(19)18-4-2-3-16(13-18)21(25)26/h2-9,11,13H,10,12H2,1H3,(H,23,24)(H,25,26)/p-2. The largest absolute Gasteiger partial charge is 0.550 e. The van der Waals surface area contributed by atoms with Crippen molar-refractivity contribution >= 4 is 11.9 Å². The number of aromatic carboxylic acids is 1. The molecule has 0 saturated heterocycles. The molecule has 3 rings (SSSR count). The van der Waals surface area contributed by atoms with Crippen molar-refractivity contribution in [3.05, 3.63) is 77.5 Å². The van der Waals surface area contributed by atoms with E-state index in [1.54, 1.807) is 12.1 Å². The molecule has 0 aliphatic carbocycles. The normalized spacial score (nSPS) is 10.7. The number of aromatic nitrogens is 1. The van der Waals surface area contributed by atoms with Crippen LogP contribution in [0.5, 0.6) is 0 Å². The van der Waals surface area contributed by atoms with Crippen molar-refractivity contribution in [2.45, 2.75) is 19.8 Å². The van der Waals surface area contributed by atoms with Gasteiger partial charge in [-0.1, -0.05) is 42.0 Å². The number of carbonyl (C=O) groups is 2. The lowest BCUT2D eigenvalue weighted by atomic mass is 10.1. The van der Waals surface area contributed by atoms with Gasteiger partial charge in [0.2, 0.25) is 0 Å². The zero-order valence-electron chi connectivity index (χ0n) is 14.3. The monoisotopic (exact) mass is 347 g/mol. The van der Waals surface area contributed by atoms with Gasteiger partial charge >= 0.3 is 0 Å². The minimum absolute atomic E-state index is 0.0666. The van der Waals surface area contributed by atoms with Crippen LogP contribution in [0.25, 0.3) is 16.9 Å². The third kappa shape index (κ3) is 3.67. The summed E-state index contributed by atoms with van der Waals surface area (Å²) < 4.78 is 1.88. The van der Waals surface area contributed by atoms with Gasteiger partial charge in [0, 0.05) is 17.4 Å². The number of aryl methyl sites for hydroxylation is 2. The summed E-state index contributed by atoms with van der Waals surface area (Å²) in [5.41, 5.74) is 4.41. The highest BCUT2D eigenvalue weighted by Crippen LogP contribution is 2.28. The second kappa shape index (κ2) is 7.27. The molecular formula is C21H17NO4-2. The van der Waals surface area contributed by atoms with Crippen LogP contribution in [-0.4, -0.2) is 16.5 Å². The van der Waals surface area contributed by atoms with Crippen LogP contribution in [-0.2, 0) is 11.2 Å². The van der Waals surface area contributed by atoms with E-state index in [2.05, 4.69) is 0 Å². The Bertz CT molecular complexity index is 954. The molecule has 132 valence electrons. The third-order valence-electron chi connectivity index (χ3n) is 4.23. The topological polar surface area (TPSA) is 85.2 Å². The maximum absolute atomic E-state index is 11.2. The Labute approximate surface area is 151 Å². The molecule has 3 aromatic rings. The maximum Gasteiger partial charge on any atom is 0.0716 e. The first-order valence-corrected chi connectivity index (χ1v) is 8.25. The van der Waals surface area contributed by atoms with Gasteiger partial charge in [-0.15, -0.1) is 0 Å². The Hall–Kier alpha value is -3.34. The first-order chi connectivity index (χ1) is 12.5. The number of carbonyl (C=O) groups excluding carboxylic acids is 2. The van der Waals surface area contributed by atoms with E-state index in [0.717, 1.165) is 22.5 Å². The first-order valence-electron chi connectivity index (χ1n) is 8.25. The van der Waals surface area contributed by atoms with Crippen molar-refractivity contribution in [3.63, 3.8) is 0 Å². The SMILES string of the molecule is Cc1ccc(-c2ccc(CCC(=O)[O-])n2-c2cccc(C(=O)[O-])c2)cc1. The minimum atomic E-state index is -1.26. The summed E-state index contributed by atoms with van der Waals surface area (Å²) in [6.07, 6.45) is 0.168. The second-order valence-electron chi connectivity index (χ2n) is 6.12. The van der Waals surface area contributed by atoms with E-state index >= 15 is 0 Å². The molecular weight excluding hydrogens is 330 g/mol. The fourth-order valence-electron chi connectivity index (χ4n) is 2.93. The molecule has 1 heterocycles. The average molecular weight is 347 g/mol. The van der Waals surface area contributed by atoms with Gasteiger partial charge in [-0.25, -0.2) is 0 Å². The number of aliphatic carboxylic acids is 1. The van der Waals surface area contributed by atoms with Crippen LogP contribution in [0.3, 0.4) is 0 Å². The van der Waals surface area contributed by atoms with Gasteiger partial charge in [0.05, 0.1) is 11.7 Å². The average Bonchev–Trinajstić information content (AvgIpc) is 3.04. The quantitative estimate of drug-likeness (QED) is 0.676. The summed E-state index contributed by atoms with van der Waals surface area (Å²) >= 11 is 0. The van der Waals surface area contributed by atoms with E-state index in [-0.39, 0.29) is 18.4 Å². The molecule has 0 unspecified atom stereocenters. The molecule has 1 aromatic heterocycles. The molecule has 5 heteroatoms. The van der Waals surface area contributed by atoms with E-state index in [0.29, 0.717) is 5.69 Å². The van der Waals surface area contributed by atoms with Gasteiger partial charge < -0.3 is 24.4 Å². The summed E-state index contributed by atoms with van der Waals surface area (Å²) in [7, 11) is 0. The van der Waals surface area contributed by atoms with Crippen LogP contribution in [0.15, 0.2) is 60.7 Å². The number of carboxylic acid groups (broad SMARTS) is 2. The highest BCUT2D eigenvalue weighted by Gasteiger charge is 2.13. The molecule has 2 aromatic carbocycles. The molecule has 26 heavy (non-hydrogen) atoms. The Balaban J connectivity index is 2.14. The van der Waals surface area contributed by atoms with Crippen molar-refractivity contribution in [1.29, 1.82) is 0 Å². The number of nitrogens with zero attached hydrogens (tertiary/aromatic N) is 1. The van der Waals surface area contributed by atoms with Crippen LogP contribution >= 0.6 is 0 Å². The van der Waals surface area contributed by atoms with Crippen molar-refractivity contribution in [1.82, 2.24) is 4.57 Å². The van der Waals surface area contributed by atoms with Crippen LogP contribution < -0.4 is 10.2 Å². The second-order valence-corrected chi connectivity index (χ2v) is 6.12.